The molecule has 0 saturated carbocycles. The van der Waals surface area contributed by atoms with Gasteiger partial charge in [-0.1, -0.05) is 19.0 Å². The zero-order chi connectivity index (χ0) is 19.7. The van der Waals surface area contributed by atoms with Crippen LogP contribution in [0.15, 0.2) is 29.0 Å². The first-order valence-electron chi connectivity index (χ1n) is 9.70. The largest absolute Gasteiger partial charge is 0.339 e. The van der Waals surface area contributed by atoms with Gasteiger partial charge in [-0.2, -0.15) is 10.1 Å². The van der Waals surface area contributed by atoms with Crippen molar-refractivity contribution < 1.29 is 9.32 Å². The summed E-state index contributed by atoms with van der Waals surface area (Å²) in [5.74, 6) is 2.48. The van der Waals surface area contributed by atoms with Crippen LogP contribution < -0.4 is 0 Å². The summed E-state index contributed by atoms with van der Waals surface area (Å²) in [4.78, 5) is 23.6. The van der Waals surface area contributed by atoms with Crippen LogP contribution in [0.25, 0.3) is 17.3 Å². The van der Waals surface area contributed by atoms with Crippen molar-refractivity contribution in [3.05, 3.63) is 41.6 Å². The number of nitrogens with zero attached hydrogens (tertiary/aromatic N) is 6. The Bertz CT molecular complexity index is 967. The SMILES string of the molecule is CCc1noc(-c2ccc(-n3ncc(C(=O)N4CCC(C)CC4)c3C)nc2)n1. The van der Waals surface area contributed by atoms with Crippen molar-refractivity contribution in [1.29, 1.82) is 0 Å². The lowest BCUT2D eigenvalue weighted by atomic mass is 9.99. The van der Waals surface area contributed by atoms with Crippen LogP contribution in [0.3, 0.4) is 0 Å². The van der Waals surface area contributed by atoms with E-state index in [2.05, 4.69) is 27.1 Å². The first kappa shape index (κ1) is 18.3. The van der Waals surface area contributed by atoms with Gasteiger partial charge in [-0.15, -0.1) is 0 Å². The second-order valence-corrected chi connectivity index (χ2v) is 7.30. The number of likely N-dealkylation sites (tertiary alicyclic amines) is 1. The van der Waals surface area contributed by atoms with E-state index in [1.54, 1.807) is 17.1 Å². The summed E-state index contributed by atoms with van der Waals surface area (Å²) in [6, 6.07) is 3.70. The Balaban J connectivity index is 1.54. The Labute approximate surface area is 163 Å². The molecule has 0 aromatic carbocycles. The second kappa shape index (κ2) is 7.53. The number of carbonyl (C=O) groups is 1. The highest BCUT2D eigenvalue weighted by molar-refractivity contribution is 5.95. The Morgan fingerprint density at radius 3 is 2.68 bits per heavy atom. The highest BCUT2D eigenvalue weighted by Crippen LogP contribution is 2.22. The van der Waals surface area contributed by atoms with E-state index in [9.17, 15) is 4.79 Å². The molecule has 0 bridgehead atoms. The molecule has 1 aliphatic rings. The summed E-state index contributed by atoms with van der Waals surface area (Å²) in [5, 5.41) is 8.30. The summed E-state index contributed by atoms with van der Waals surface area (Å²) < 4.78 is 6.94. The molecule has 4 heterocycles. The highest BCUT2D eigenvalue weighted by atomic mass is 16.5. The van der Waals surface area contributed by atoms with Crippen LogP contribution in [0.1, 0.15) is 48.6 Å². The maximum absolute atomic E-state index is 12.9. The summed E-state index contributed by atoms with van der Waals surface area (Å²) in [7, 11) is 0. The number of amides is 1. The molecular weight excluding hydrogens is 356 g/mol. The van der Waals surface area contributed by atoms with Gasteiger partial charge in [-0.25, -0.2) is 9.67 Å². The van der Waals surface area contributed by atoms with Gasteiger partial charge < -0.3 is 9.42 Å². The molecule has 0 N–H and O–H groups in total. The van der Waals surface area contributed by atoms with Crippen molar-refractivity contribution in [1.82, 2.24) is 29.8 Å². The molecule has 8 nitrogen and oxygen atoms in total. The number of hydrogen-bond acceptors (Lipinski definition) is 6. The molecule has 0 atom stereocenters. The van der Waals surface area contributed by atoms with Crippen LogP contribution in [0.4, 0.5) is 0 Å². The number of piperidine rings is 1. The summed E-state index contributed by atoms with van der Waals surface area (Å²) in [5.41, 5.74) is 2.17. The summed E-state index contributed by atoms with van der Waals surface area (Å²) in [6.45, 7) is 7.72. The van der Waals surface area contributed by atoms with Crippen LogP contribution >= 0.6 is 0 Å². The fraction of sp³-hybridized carbons (Fsp3) is 0.450. The molecule has 146 valence electrons. The third-order valence-corrected chi connectivity index (χ3v) is 5.31. The van der Waals surface area contributed by atoms with Gasteiger partial charge in [0.2, 0.25) is 0 Å². The maximum atomic E-state index is 12.9. The van der Waals surface area contributed by atoms with Gasteiger partial charge in [0, 0.05) is 25.7 Å². The van der Waals surface area contributed by atoms with Gasteiger partial charge in [0.1, 0.15) is 0 Å². The molecular formula is C20H24N6O2. The van der Waals surface area contributed by atoms with Crippen molar-refractivity contribution >= 4 is 5.91 Å². The average Bonchev–Trinajstić information content (AvgIpc) is 3.35. The Morgan fingerprint density at radius 1 is 1.25 bits per heavy atom. The highest BCUT2D eigenvalue weighted by Gasteiger charge is 2.24. The van der Waals surface area contributed by atoms with E-state index in [0.29, 0.717) is 35.4 Å². The first-order chi connectivity index (χ1) is 13.6. The van der Waals surface area contributed by atoms with E-state index in [1.165, 1.54) is 0 Å². The molecule has 4 rings (SSSR count). The first-order valence-corrected chi connectivity index (χ1v) is 9.70. The molecule has 1 aliphatic heterocycles. The fourth-order valence-electron chi connectivity index (χ4n) is 3.39. The Morgan fingerprint density at radius 2 is 2.04 bits per heavy atom. The standard InChI is InChI=1S/C20H24N6O2/c1-4-17-23-19(28-24-17)15-5-6-18(21-11-15)26-14(3)16(12-22-26)20(27)25-9-7-13(2)8-10-25/h5-6,11-13H,4,7-10H2,1-3H3. The number of hydrogen-bond donors (Lipinski definition) is 0. The van der Waals surface area contributed by atoms with Crippen molar-refractivity contribution in [2.24, 2.45) is 5.92 Å². The van der Waals surface area contributed by atoms with Crippen LogP contribution in [0.5, 0.6) is 0 Å². The Kier molecular flexibility index (Phi) is 4.93. The van der Waals surface area contributed by atoms with Crippen LogP contribution in [-0.2, 0) is 6.42 Å². The number of carbonyl (C=O) groups excluding carboxylic acids is 1. The normalized spacial score (nSPS) is 15.2. The zero-order valence-corrected chi connectivity index (χ0v) is 16.4. The molecule has 0 aliphatic carbocycles. The fourth-order valence-corrected chi connectivity index (χ4v) is 3.39. The van der Waals surface area contributed by atoms with Crippen molar-refractivity contribution in [2.75, 3.05) is 13.1 Å². The molecule has 1 amide bonds. The average molecular weight is 380 g/mol. The molecule has 3 aromatic rings. The van der Waals surface area contributed by atoms with E-state index in [-0.39, 0.29) is 5.91 Å². The molecule has 1 saturated heterocycles. The summed E-state index contributed by atoms with van der Waals surface area (Å²) in [6.07, 6.45) is 6.14. The lowest BCUT2D eigenvalue weighted by Gasteiger charge is -2.30. The van der Waals surface area contributed by atoms with E-state index >= 15 is 0 Å². The number of aromatic nitrogens is 5. The molecule has 3 aromatic heterocycles. The van der Waals surface area contributed by atoms with E-state index < -0.39 is 0 Å². The van der Waals surface area contributed by atoms with Gasteiger partial charge in [-0.05, 0) is 37.8 Å². The number of rotatable bonds is 4. The number of aryl methyl sites for hydroxylation is 1. The molecule has 28 heavy (non-hydrogen) atoms. The molecule has 0 unspecified atom stereocenters. The lowest BCUT2D eigenvalue weighted by Crippen LogP contribution is -2.38. The van der Waals surface area contributed by atoms with E-state index in [1.807, 2.05) is 30.9 Å². The quantitative estimate of drug-likeness (QED) is 0.691. The van der Waals surface area contributed by atoms with Crippen LogP contribution in [0, 0.1) is 12.8 Å². The van der Waals surface area contributed by atoms with Crippen molar-refractivity contribution in [3.8, 4) is 17.3 Å². The maximum Gasteiger partial charge on any atom is 0.259 e. The Hall–Kier alpha value is -3.03. The summed E-state index contributed by atoms with van der Waals surface area (Å²) >= 11 is 0. The predicted octanol–water partition coefficient (Wildman–Crippen LogP) is 3.06. The van der Waals surface area contributed by atoms with Gasteiger partial charge in [-0.3, -0.25) is 4.79 Å². The van der Waals surface area contributed by atoms with Crippen LogP contribution in [-0.4, -0.2) is 48.8 Å². The lowest BCUT2D eigenvalue weighted by molar-refractivity contribution is 0.0696. The van der Waals surface area contributed by atoms with E-state index in [4.69, 9.17) is 4.52 Å². The predicted molar refractivity (Wildman–Crippen MR) is 103 cm³/mol. The van der Waals surface area contributed by atoms with Gasteiger partial charge in [0.25, 0.3) is 11.8 Å². The molecule has 1 fully saturated rings. The minimum Gasteiger partial charge on any atom is -0.339 e. The molecule has 0 spiro atoms. The van der Waals surface area contributed by atoms with Gasteiger partial charge >= 0.3 is 0 Å². The third kappa shape index (κ3) is 3.42. The minimum absolute atomic E-state index is 0.0465. The topological polar surface area (TPSA) is 89.9 Å². The van der Waals surface area contributed by atoms with Crippen LogP contribution in [0.2, 0.25) is 0 Å². The zero-order valence-electron chi connectivity index (χ0n) is 16.4. The second-order valence-electron chi connectivity index (χ2n) is 7.30. The van der Waals surface area contributed by atoms with E-state index in [0.717, 1.165) is 37.2 Å². The number of pyridine rings is 1. The monoisotopic (exact) mass is 380 g/mol. The van der Waals surface area contributed by atoms with Crippen molar-refractivity contribution in [2.45, 2.75) is 40.0 Å². The van der Waals surface area contributed by atoms with Gasteiger partial charge in [0.05, 0.1) is 23.0 Å². The molecule has 8 heteroatoms. The van der Waals surface area contributed by atoms with Gasteiger partial charge in [0.15, 0.2) is 11.6 Å². The third-order valence-electron chi connectivity index (χ3n) is 5.31. The molecule has 0 radical (unpaired) electrons. The minimum atomic E-state index is 0.0465. The van der Waals surface area contributed by atoms with Crippen molar-refractivity contribution in [3.63, 3.8) is 0 Å². The smallest absolute Gasteiger partial charge is 0.259 e.